The molecule has 2 unspecified atom stereocenters. The van der Waals surface area contributed by atoms with E-state index in [1.54, 1.807) is 18.2 Å². The van der Waals surface area contributed by atoms with E-state index >= 15 is 0 Å². The Labute approximate surface area is 160 Å². The van der Waals surface area contributed by atoms with Gasteiger partial charge in [-0.05, 0) is 35.6 Å². The molecule has 0 heterocycles. The second-order valence-electron chi connectivity index (χ2n) is 7.68. The van der Waals surface area contributed by atoms with Crippen molar-refractivity contribution in [3.63, 3.8) is 0 Å². The van der Waals surface area contributed by atoms with Crippen LogP contribution in [0.15, 0.2) is 36.4 Å². The normalized spacial score (nSPS) is 20.2. The van der Waals surface area contributed by atoms with Gasteiger partial charge in [0.1, 0.15) is 5.41 Å². The van der Waals surface area contributed by atoms with Gasteiger partial charge in [-0.1, -0.05) is 63.9 Å². The Kier molecular flexibility index (Phi) is 5.20. The summed E-state index contributed by atoms with van der Waals surface area (Å²) in [6.45, 7) is 6.25. The molecule has 4 nitrogen and oxygen atoms in total. The van der Waals surface area contributed by atoms with E-state index in [-0.39, 0.29) is 11.6 Å². The molecule has 0 aromatic heterocycles. The molecule has 2 aromatic rings. The van der Waals surface area contributed by atoms with Gasteiger partial charge < -0.3 is 11.5 Å². The summed E-state index contributed by atoms with van der Waals surface area (Å²) < 4.78 is 0. The van der Waals surface area contributed by atoms with E-state index in [2.05, 4.69) is 26.8 Å². The molecule has 2 atom stereocenters. The van der Waals surface area contributed by atoms with Gasteiger partial charge in [-0.15, -0.1) is 0 Å². The lowest BCUT2D eigenvalue weighted by atomic mass is 9.69. The van der Waals surface area contributed by atoms with E-state index < -0.39 is 11.5 Å². The van der Waals surface area contributed by atoms with Gasteiger partial charge in [0.25, 0.3) is 0 Å². The number of carbonyl (C=O) groups excluding carboxylic acids is 2. The highest BCUT2D eigenvalue weighted by Gasteiger charge is 2.58. The molecule has 1 aliphatic rings. The summed E-state index contributed by atoms with van der Waals surface area (Å²) in [6.07, 6.45) is 2.37. The van der Waals surface area contributed by atoms with Crippen LogP contribution in [0.3, 0.4) is 0 Å². The average Bonchev–Trinajstić information content (AvgIpc) is 2.89. The summed E-state index contributed by atoms with van der Waals surface area (Å²) >= 11 is 0. The van der Waals surface area contributed by atoms with Crippen LogP contribution in [0.5, 0.6) is 0 Å². The van der Waals surface area contributed by atoms with Gasteiger partial charge in [0.2, 0.25) is 0 Å². The number of Topliss-reactive ketones (excluding diaryl/α,β-unsaturated/α-hetero) is 2. The van der Waals surface area contributed by atoms with E-state index in [9.17, 15) is 9.59 Å². The lowest BCUT2D eigenvalue weighted by molar-refractivity contribution is 0.0760. The van der Waals surface area contributed by atoms with Crippen LogP contribution in [0.1, 0.15) is 77.8 Å². The first-order chi connectivity index (χ1) is 12.9. The summed E-state index contributed by atoms with van der Waals surface area (Å²) in [7, 11) is 0. The number of fused-ring (bicyclic) bond motifs is 1. The van der Waals surface area contributed by atoms with E-state index in [1.165, 1.54) is 0 Å². The number of benzene rings is 2. The maximum absolute atomic E-state index is 13.6. The van der Waals surface area contributed by atoms with Crippen molar-refractivity contribution in [2.24, 2.45) is 5.73 Å². The highest BCUT2D eigenvalue weighted by molar-refractivity contribution is 6.35. The molecule has 2 aromatic carbocycles. The number of hydrogen-bond acceptors (Lipinski definition) is 4. The minimum Gasteiger partial charge on any atom is -0.398 e. The van der Waals surface area contributed by atoms with Crippen molar-refractivity contribution in [3.05, 3.63) is 64.7 Å². The van der Waals surface area contributed by atoms with E-state index in [1.807, 2.05) is 18.2 Å². The fourth-order valence-corrected chi connectivity index (χ4v) is 3.99. The zero-order valence-electron chi connectivity index (χ0n) is 16.2. The monoisotopic (exact) mass is 363 g/mol. The van der Waals surface area contributed by atoms with E-state index in [0.717, 1.165) is 18.4 Å². The third-order valence-electron chi connectivity index (χ3n) is 5.64. The number of unbranched alkanes of at least 4 members (excludes halogenated alkanes) is 1. The molecule has 27 heavy (non-hydrogen) atoms. The highest BCUT2D eigenvalue weighted by atomic mass is 16.2. The molecule has 4 N–H and O–H groups in total. The van der Waals surface area contributed by atoms with Gasteiger partial charge in [-0.25, -0.2) is 0 Å². The van der Waals surface area contributed by atoms with Crippen LogP contribution in [-0.2, 0) is 5.41 Å². The molecule has 0 saturated heterocycles. The zero-order valence-corrected chi connectivity index (χ0v) is 16.2. The fourth-order valence-electron chi connectivity index (χ4n) is 3.99. The largest absolute Gasteiger partial charge is 0.398 e. The van der Waals surface area contributed by atoms with Crippen molar-refractivity contribution in [2.45, 2.75) is 57.4 Å². The molecule has 0 spiro atoms. The molecule has 0 bridgehead atoms. The predicted octanol–water partition coefficient (Wildman–Crippen LogP) is 4.03. The van der Waals surface area contributed by atoms with Crippen molar-refractivity contribution < 1.29 is 9.59 Å². The SMILES string of the molecule is CCCCC(N)C1(c2[c]cc(C(C)C)cc2)C(=O)c2cccc(N)c2C1=O. The number of rotatable bonds is 6. The molecule has 1 radical (unpaired) electrons. The molecular formula is C23H27N2O2. The molecule has 0 fully saturated rings. The zero-order chi connectivity index (χ0) is 19.8. The second kappa shape index (κ2) is 7.28. The second-order valence-corrected chi connectivity index (χ2v) is 7.68. The Morgan fingerprint density at radius 2 is 1.85 bits per heavy atom. The van der Waals surface area contributed by atoms with Crippen LogP contribution in [0.25, 0.3) is 0 Å². The van der Waals surface area contributed by atoms with Gasteiger partial charge in [0.15, 0.2) is 11.6 Å². The minimum absolute atomic E-state index is 0.257. The van der Waals surface area contributed by atoms with Gasteiger partial charge in [0, 0.05) is 17.3 Å². The van der Waals surface area contributed by atoms with Gasteiger partial charge in [-0.3, -0.25) is 9.59 Å². The molecule has 0 aliphatic heterocycles. The molecular weight excluding hydrogens is 336 g/mol. The Morgan fingerprint density at radius 1 is 1.11 bits per heavy atom. The first kappa shape index (κ1) is 19.3. The third kappa shape index (κ3) is 2.88. The molecule has 141 valence electrons. The molecule has 0 saturated carbocycles. The molecule has 4 heteroatoms. The van der Waals surface area contributed by atoms with E-state index in [4.69, 9.17) is 11.5 Å². The standard InChI is InChI=1S/C23H27N2O2/c1-4-5-9-19(25)23(16-12-10-15(11-13-16)14(2)3)21(26)17-7-6-8-18(24)20(17)22(23)27/h6-8,10-12,14,19H,4-5,9,24-25H2,1-3H3. The smallest absolute Gasteiger partial charge is 0.185 e. The maximum atomic E-state index is 13.6. The quantitative estimate of drug-likeness (QED) is 0.599. The topological polar surface area (TPSA) is 86.2 Å². The summed E-state index contributed by atoms with van der Waals surface area (Å²) in [6, 6.07) is 13.3. The number of ketones is 2. The summed E-state index contributed by atoms with van der Waals surface area (Å²) in [4.78, 5) is 27.1. The van der Waals surface area contributed by atoms with Crippen LogP contribution in [0.2, 0.25) is 0 Å². The Balaban J connectivity index is 2.20. The minimum atomic E-state index is -1.44. The van der Waals surface area contributed by atoms with E-state index in [0.29, 0.717) is 34.7 Å². The average molecular weight is 363 g/mol. The van der Waals surface area contributed by atoms with Crippen LogP contribution in [0.4, 0.5) is 5.69 Å². The predicted molar refractivity (Wildman–Crippen MR) is 108 cm³/mol. The highest BCUT2D eigenvalue weighted by Crippen LogP contribution is 2.44. The number of nitrogen functional groups attached to an aromatic ring is 1. The first-order valence-electron chi connectivity index (χ1n) is 9.61. The van der Waals surface area contributed by atoms with Gasteiger partial charge >= 0.3 is 0 Å². The van der Waals surface area contributed by atoms with Crippen molar-refractivity contribution in [2.75, 3.05) is 5.73 Å². The molecule has 3 rings (SSSR count). The molecule has 0 amide bonds. The lowest BCUT2D eigenvalue weighted by Gasteiger charge is -2.33. The fraction of sp³-hybridized carbons (Fsp3) is 0.391. The van der Waals surface area contributed by atoms with Crippen molar-refractivity contribution >= 4 is 17.3 Å². The summed E-state index contributed by atoms with van der Waals surface area (Å²) in [5, 5.41) is 0. The number of carbonyl (C=O) groups is 2. The Morgan fingerprint density at radius 3 is 2.41 bits per heavy atom. The summed E-state index contributed by atoms with van der Waals surface area (Å²) in [5.74, 6) is -0.215. The first-order valence-corrected chi connectivity index (χ1v) is 9.61. The van der Waals surface area contributed by atoms with Gasteiger partial charge in [0.05, 0.1) is 5.56 Å². The Hall–Kier alpha value is -2.46. The van der Waals surface area contributed by atoms with Crippen LogP contribution in [-0.4, -0.2) is 17.6 Å². The van der Waals surface area contributed by atoms with Crippen LogP contribution < -0.4 is 11.5 Å². The lowest BCUT2D eigenvalue weighted by Crippen LogP contribution is -2.53. The van der Waals surface area contributed by atoms with Crippen molar-refractivity contribution in [3.8, 4) is 0 Å². The van der Waals surface area contributed by atoms with Crippen LogP contribution in [0, 0.1) is 6.07 Å². The molecule has 1 aliphatic carbocycles. The van der Waals surface area contributed by atoms with Crippen molar-refractivity contribution in [1.82, 2.24) is 0 Å². The number of nitrogens with two attached hydrogens (primary N) is 2. The number of hydrogen-bond donors (Lipinski definition) is 2. The van der Waals surface area contributed by atoms with Crippen LogP contribution >= 0.6 is 0 Å². The number of anilines is 1. The van der Waals surface area contributed by atoms with Gasteiger partial charge in [-0.2, -0.15) is 0 Å². The maximum Gasteiger partial charge on any atom is 0.185 e. The third-order valence-corrected chi connectivity index (χ3v) is 5.64. The van der Waals surface area contributed by atoms with Crippen molar-refractivity contribution in [1.29, 1.82) is 0 Å². The Bertz CT molecular complexity index is 870. The summed E-state index contributed by atoms with van der Waals surface area (Å²) in [5.41, 5.74) is 13.8.